The van der Waals surface area contributed by atoms with Gasteiger partial charge in [0.2, 0.25) is 0 Å². The van der Waals surface area contributed by atoms with Crippen LogP contribution in [0.15, 0.2) is 36.4 Å². The number of rotatable bonds is 9. The third-order valence-electron chi connectivity index (χ3n) is 4.36. The maximum atomic E-state index is 12.4. The van der Waals surface area contributed by atoms with Crippen LogP contribution in [0.5, 0.6) is 11.5 Å². The van der Waals surface area contributed by atoms with Crippen molar-refractivity contribution in [3.63, 3.8) is 0 Å². The number of anilines is 1. The molecular weight excluding hydrogens is 370 g/mol. The maximum absolute atomic E-state index is 12.4. The Balaban J connectivity index is 2.03. The molecule has 0 aliphatic heterocycles. The van der Waals surface area contributed by atoms with Gasteiger partial charge in [0.15, 0.2) is 18.1 Å². The second-order valence-electron chi connectivity index (χ2n) is 6.81. The summed E-state index contributed by atoms with van der Waals surface area (Å²) in [6.45, 7) is 7.50. The molecule has 1 amide bonds. The van der Waals surface area contributed by atoms with Crippen LogP contribution in [0.4, 0.5) is 5.69 Å². The summed E-state index contributed by atoms with van der Waals surface area (Å²) < 4.78 is 16.1. The van der Waals surface area contributed by atoms with Gasteiger partial charge in [0.25, 0.3) is 5.91 Å². The molecule has 0 bridgehead atoms. The van der Waals surface area contributed by atoms with Crippen LogP contribution in [0, 0.1) is 0 Å². The summed E-state index contributed by atoms with van der Waals surface area (Å²) in [6, 6.07) is 10.7. The number of methoxy groups -OCH3 is 1. The summed E-state index contributed by atoms with van der Waals surface area (Å²) >= 11 is 0. The molecule has 6 heteroatoms. The van der Waals surface area contributed by atoms with E-state index in [4.69, 9.17) is 14.2 Å². The normalized spacial score (nSPS) is 10.6. The molecule has 0 aliphatic carbocycles. The van der Waals surface area contributed by atoms with E-state index in [1.165, 1.54) is 7.11 Å². The molecule has 0 saturated heterocycles. The standard InChI is InChI=1S/C23H29NO5/c1-6-16-9-8-10-17(7-2)22(16)24-21(25)14-28-23(26)18-11-12-19(29-15(3)4)20(13-18)27-5/h8-13,15H,6-7,14H2,1-5H3,(H,24,25). The lowest BCUT2D eigenvalue weighted by Crippen LogP contribution is -2.22. The summed E-state index contributed by atoms with van der Waals surface area (Å²) in [6.07, 6.45) is 1.58. The van der Waals surface area contributed by atoms with Gasteiger partial charge in [-0.15, -0.1) is 0 Å². The van der Waals surface area contributed by atoms with Gasteiger partial charge in [-0.25, -0.2) is 4.79 Å². The summed E-state index contributed by atoms with van der Waals surface area (Å²) in [7, 11) is 1.50. The van der Waals surface area contributed by atoms with Gasteiger partial charge in [-0.3, -0.25) is 4.79 Å². The van der Waals surface area contributed by atoms with Gasteiger partial charge in [0.05, 0.1) is 18.8 Å². The molecule has 2 rings (SSSR count). The first kappa shape index (κ1) is 22.3. The fourth-order valence-corrected chi connectivity index (χ4v) is 2.94. The fraction of sp³-hybridized carbons (Fsp3) is 0.391. The molecule has 0 spiro atoms. The van der Waals surface area contributed by atoms with Crippen LogP contribution >= 0.6 is 0 Å². The van der Waals surface area contributed by atoms with E-state index < -0.39 is 5.97 Å². The van der Waals surface area contributed by atoms with Gasteiger partial charge < -0.3 is 19.5 Å². The van der Waals surface area contributed by atoms with Crippen LogP contribution in [0.3, 0.4) is 0 Å². The molecule has 0 heterocycles. The lowest BCUT2D eigenvalue weighted by molar-refractivity contribution is -0.119. The first-order valence-electron chi connectivity index (χ1n) is 9.81. The van der Waals surface area contributed by atoms with Crippen molar-refractivity contribution in [1.82, 2.24) is 0 Å². The van der Waals surface area contributed by atoms with E-state index in [-0.39, 0.29) is 24.2 Å². The predicted molar refractivity (Wildman–Crippen MR) is 113 cm³/mol. The molecule has 0 radical (unpaired) electrons. The van der Waals surface area contributed by atoms with Crippen molar-refractivity contribution in [2.24, 2.45) is 0 Å². The van der Waals surface area contributed by atoms with Crippen LogP contribution < -0.4 is 14.8 Å². The highest BCUT2D eigenvalue weighted by atomic mass is 16.5. The number of ether oxygens (including phenoxy) is 3. The first-order chi connectivity index (χ1) is 13.9. The average molecular weight is 399 g/mol. The summed E-state index contributed by atoms with van der Waals surface area (Å²) in [5.41, 5.74) is 3.19. The molecule has 0 atom stereocenters. The number of benzene rings is 2. The molecule has 0 saturated carbocycles. The topological polar surface area (TPSA) is 73.9 Å². The zero-order valence-corrected chi connectivity index (χ0v) is 17.7. The molecule has 0 aromatic heterocycles. The van der Waals surface area contributed by atoms with Crippen LogP contribution in [-0.2, 0) is 22.4 Å². The monoisotopic (exact) mass is 399 g/mol. The maximum Gasteiger partial charge on any atom is 0.338 e. The lowest BCUT2D eigenvalue weighted by atomic mass is 10.0. The second-order valence-corrected chi connectivity index (χ2v) is 6.81. The number of carbonyl (C=O) groups is 2. The van der Waals surface area contributed by atoms with E-state index in [1.54, 1.807) is 18.2 Å². The van der Waals surface area contributed by atoms with E-state index >= 15 is 0 Å². The molecule has 156 valence electrons. The molecule has 0 unspecified atom stereocenters. The quantitative estimate of drug-likeness (QED) is 0.633. The van der Waals surface area contributed by atoms with Gasteiger partial charge in [0, 0.05) is 5.69 Å². The van der Waals surface area contributed by atoms with Crippen molar-refractivity contribution in [3.8, 4) is 11.5 Å². The molecule has 29 heavy (non-hydrogen) atoms. The molecule has 0 aliphatic rings. The zero-order valence-electron chi connectivity index (χ0n) is 17.7. The second kappa shape index (κ2) is 10.5. The Morgan fingerprint density at radius 2 is 1.66 bits per heavy atom. The van der Waals surface area contributed by atoms with Crippen LogP contribution in [0.1, 0.15) is 49.2 Å². The minimum absolute atomic E-state index is 0.0237. The van der Waals surface area contributed by atoms with Gasteiger partial charge in [-0.2, -0.15) is 0 Å². The van der Waals surface area contributed by atoms with Gasteiger partial charge in [-0.1, -0.05) is 32.0 Å². The number of amides is 1. The molecule has 2 aromatic carbocycles. The molecule has 6 nitrogen and oxygen atoms in total. The van der Waals surface area contributed by atoms with Crippen LogP contribution in [0.25, 0.3) is 0 Å². The Morgan fingerprint density at radius 3 is 2.21 bits per heavy atom. The Morgan fingerprint density at radius 1 is 1.00 bits per heavy atom. The lowest BCUT2D eigenvalue weighted by Gasteiger charge is -2.15. The van der Waals surface area contributed by atoms with E-state index in [0.717, 1.165) is 29.7 Å². The van der Waals surface area contributed by atoms with Crippen molar-refractivity contribution in [2.75, 3.05) is 19.0 Å². The molecule has 0 fully saturated rings. The first-order valence-corrected chi connectivity index (χ1v) is 9.81. The van der Waals surface area contributed by atoms with Gasteiger partial charge >= 0.3 is 5.97 Å². The van der Waals surface area contributed by atoms with E-state index in [0.29, 0.717) is 11.5 Å². The SMILES string of the molecule is CCc1cccc(CC)c1NC(=O)COC(=O)c1ccc(OC(C)C)c(OC)c1. The summed E-state index contributed by atoms with van der Waals surface area (Å²) in [5.74, 6) is -0.00293. The minimum Gasteiger partial charge on any atom is -0.493 e. The average Bonchev–Trinajstić information content (AvgIpc) is 2.71. The summed E-state index contributed by atoms with van der Waals surface area (Å²) in [4.78, 5) is 24.7. The Bertz CT molecular complexity index is 838. The van der Waals surface area contributed by atoms with Crippen molar-refractivity contribution >= 4 is 17.6 Å². The summed E-state index contributed by atoms with van der Waals surface area (Å²) in [5, 5.41) is 2.88. The molecular formula is C23H29NO5. The fourth-order valence-electron chi connectivity index (χ4n) is 2.94. The highest BCUT2D eigenvalue weighted by Crippen LogP contribution is 2.29. The Labute approximate surface area is 172 Å². The van der Waals surface area contributed by atoms with Crippen molar-refractivity contribution in [2.45, 2.75) is 46.6 Å². The number of para-hydroxylation sites is 1. The Kier molecular flexibility index (Phi) is 8.07. The number of aryl methyl sites for hydroxylation is 2. The van der Waals surface area contributed by atoms with Crippen LogP contribution in [0.2, 0.25) is 0 Å². The highest BCUT2D eigenvalue weighted by molar-refractivity contribution is 5.96. The minimum atomic E-state index is -0.603. The molecule has 2 aromatic rings. The number of carbonyl (C=O) groups excluding carboxylic acids is 2. The van der Waals surface area contributed by atoms with Crippen molar-refractivity contribution in [1.29, 1.82) is 0 Å². The third-order valence-corrected chi connectivity index (χ3v) is 4.36. The zero-order chi connectivity index (χ0) is 21.4. The number of nitrogens with one attached hydrogen (secondary N) is 1. The number of hydrogen-bond donors (Lipinski definition) is 1. The largest absolute Gasteiger partial charge is 0.493 e. The van der Waals surface area contributed by atoms with Gasteiger partial charge in [0.1, 0.15) is 0 Å². The van der Waals surface area contributed by atoms with E-state index in [9.17, 15) is 9.59 Å². The smallest absolute Gasteiger partial charge is 0.338 e. The molecule has 1 N–H and O–H groups in total. The van der Waals surface area contributed by atoms with E-state index in [1.807, 2.05) is 45.9 Å². The number of esters is 1. The highest BCUT2D eigenvalue weighted by Gasteiger charge is 2.16. The van der Waals surface area contributed by atoms with Crippen molar-refractivity contribution < 1.29 is 23.8 Å². The number of hydrogen-bond acceptors (Lipinski definition) is 5. The predicted octanol–water partition coefficient (Wildman–Crippen LogP) is 4.40. The van der Waals surface area contributed by atoms with E-state index in [2.05, 4.69) is 5.32 Å². The Hall–Kier alpha value is -3.02. The van der Waals surface area contributed by atoms with Gasteiger partial charge in [-0.05, 0) is 56.0 Å². The third kappa shape index (κ3) is 5.98. The van der Waals surface area contributed by atoms with Crippen molar-refractivity contribution in [3.05, 3.63) is 53.1 Å². The van der Waals surface area contributed by atoms with Crippen LogP contribution in [-0.4, -0.2) is 31.7 Å².